The minimum atomic E-state index is -0.102. The van der Waals surface area contributed by atoms with Crippen molar-refractivity contribution in [2.45, 2.75) is 0 Å². The van der Waals surface area contributed by atoms with Gasteiger partial charge in [0.1, 0.15) is 12.1 Å². The maximum atomic E-state index is 12.4. The van der Waals surface area contributed by atoms with Crippen molar-refractivity contribution >= 4 is 17.5 Å². The van der Waals surface area contributed by atoms with Gasteiger partial charge in [0.15, 0.2) is 0 Å². The van der Waals surface area contributed by atoms with Gasteiger partial charge in [-0.1, -0.05) is 30.3 Å². The molecule has 0 spiro atoms. The maximum Gasteiger partial charge on any atom is 0.322 e. The van der Waals surface area contributed by atoms with Crippen LogP contribution in [0.3, 0.4) is 0 Å². The van der Waals surface area contributed by atoms with Crippen molar-refractivity contribution < 1.29 is 4.79 Å². The van der Waals surface area contributed by atoms with E-state index in [0.717, 1.165) is 30.2 Å². The predicted molar refractivity (Wildman–Crippen MR) is 105 cm³/mol. The molecule has 1 N–H and O–H groups in total. The van der Waals surface area contributed by atoms with Crippen molar-refractivity contribution in [1.29, 1.82) is 0 Å². The molecule has 136 valence electrons. The monoisotopic (exact) mass is 360 g/mol. The summed E-state index contributed by atoms with van der Waals surface area (Å²) >= 11 is 0. The molecule has 1 saturated heterocycles. The molecule has 7 heteroatoms. The third-order valence-electron chi connectivity index (χ3n) is 4.53. The van der Waals surface area contributed by atoms with Crippen LogP contribution in [-0.4, -0.2) is 52.1 Å². The summed E-state index contributed by atoms with van der Waals surface area (Å²) < 4.78 is 0. The van der Waals surface area contributed by atoms with Crippen molar-refractivity contribution in [1.82, 2.24) is 19.9 Å². The predicted octanol–water partition coefficient (Wildman–Crippen LogP) is 2.89. The first-order chi connectivity index (χ1) is 13.3. The van der Waals surface area contributed by atoms with Crippen molar-refractivity contribution in [2.24, 2.45) is 0 Å². The van der Waals surface area contributed by atoms with Gasteiger partial charge in [0.05, 0.1) is 17.6 Å². The Balaban J connectivity index is 1.39. The van der Waals surface area contributed by atoms with Crippen molar-refractivity contribution in [3.05, 3.63) is 67.3 Å². The number of amides is 2. The van der Waals surface area contributed by atoms with Gasteiger partial charge >= 0.3 is 6.03 Å². The number of piperazine rings is 1. The number of nitrogens with zero attached hydrogens (tertiary/aromatic N) is 5. The van der Waals surface area contributed by atoms with Crippen LogP contribution in [-0.2, 0) is 0 Å². The molecular weight excluding hydrogens is 340 g/mol. The van der Waals surface area contributed by atoms with Crippen LogP contribution in [0.15, 0.2) is 67.3 Å². The van der Waals surface area contributed by atoms with Crippen LogP contribution >= 0.6 is 0 Å². The molecule has 0 saturated carbocycles. The Bertz CT molecular complexity index is 895. The molecule has 1 aromatic carbocycles. The molecule has 3 heterocycles. The van der Waals surface area contributed by atoms with Crippen LogP contribution < -0.4 is 10.2 Å². The molecule has 7 nitrogen and oxygen atoms in total. The van der Waals surface area contributed by atoms with E-state index in [1.807, 2.05) is 47.4 Å². The number of urea groups is 1. The largest absolute Gasteiger partial charge is 0.353 e. The van der Waals surface area contributed by atoms with E-state index in [1.54, 1.807) is 24.8 Å². The Morgan fingerprint density at radius 1 is 0.963 bits per heavy atom. The average molecular weight is 360 g/mol. The number of hydrogen-bond acceptors (Lipinski definition) is 5. The number of carbonyl (C=O) groups excluding carboxylic acids is 1. The smallest absolute Gasteiger partial charge is 0.322 e. The number of anilines is 2. The Morgan fingerprint density at radius 2 is 1.78 bits per heavy atom. The molecule has 0 radical (unpaired) electrons. The fourth-order valence-electron chi connectivity index (χ4n) is 3.06. The van der Waals surface area contributed by atoms with Crippen LogP contribution in [0.5, 0.6) is 0 Å². The van der Waals surface area contributed by atoms with Crippen molar-refractivity contribution in [3.8, 4) is 11.3 Å². The van der Waals surface area contributed by atoms with E-state index in [-0.39, 0.29) is 6.03 Å². The van der Waals surface area contributed by atoms with Gasteiger partial charge in [0.2, 0.25) is 0 Å². The first-order valence-corrected chi connectivity index (χ1v) is 8.88. The summed E-state index contributed by atoms with van der Waals surface area (Å²) in [6.07, 6.45) is 4.92. The van der Waals surface area contributed by atoms with Gasteiger partial charge in [-0.15, -0.1) is 0 Å². The molecular formula is C20H20N6O. The number of hydrogen-bond donors (Lipinski definition) is 1. The molecule has 3 aromatic rings. The zero-order chi connectivity index (χ0) is 18.5. The standard InChI is InChI=1S/C20H20N6O/c27-20(24-17-7-4-8-21-14-17)26-11-9-25(10-12-26)19-13-18(22-15-23-19)16-5-2-1-3-6-16/h1-8,13-15H,9-12H2,(H,24,27). The van der Waals surface area contributed by atoms with Crippen LogP contribution in [0.25, 0.3) is 11.3 Å². The summed E-state index contributed by atoms with van der Waals surface area (Å²) in [6.45, 7) is 2.73. The highest BCUT2D eigenvalue weighted by Crippen LogP contribution is 2.21. The van der Waals surface area contributed by atoms with Gasteiger partial charge in [0, 0.05) is 44.0 Å². The number of benzene rings is 1. The highest BCUT2D eigenvalue weighted by molar-refractivity contribution is 5.89. The highest BCUT2D eigenvalue weighted by atomic mass is 16.2. The van der Waals surface area contributed by atoms with E-state index >= 15 is 0 Å². The van der Waals surface area contributed by atoms with Gasteiger partial charge < -0.3 is 15.1 Å². The van der Waals surface area contributed by atoms with E-state index < -0.39 is 0 Å². The molecule has 2 amide bonds. The third kappa shape index (κ3) is 4.03. The molecule has 1 aliphatic rings. The second-order valence-electron chi connectivity index (χ2n) is 6.27. The fraction of sp³-hybridized carbons (Fsp3) is 0.200. The topological polar surface area (TPSA) is 74.2 Å². The number of aromatic nitrogens is 3. The molecule has 1 fully saturated rings. The fourth-order valence-corrected chi connectivity index (χ4v) is 3.06. The molecule has 0 unspecified atom stereocenters. The summed E-state index contributed by atoms with van der Waals surface area (Å²) in [5.74, 6) is 0.885. The zero-order valence-electron chi connectivity index (χ0n) is 14.8. The number of carbonyl (C=O) groups is 1. The summed E-state index contributed by atoms with van der Waals surface area (Å²) in [4.78, 5) is 29.2. The lowest BCUT2D eigenvalue weighted by Crippen LogP contribution is -2.50. The van der Waals surface area contributed by atoms with Gasteiger partial charge in [-0.3, -0.25) is 4.98 Å². The van der Waals surface area contributed by atoms with Crippen LogP contribution in [0.1, 0.15) is 0 Å². The molecule has 0 atom stereocenters. The van der Waals surface area contributed by atoms with E-state index in [0.29, 0.717) is 18.8 Å². The summed E-state index contributed by atoms with van der Waals surface area (Å²) in [5, 5.41) is 2.88. The van der Waals surface area contributed by atoms with Crippen molar-refractivity contribution in [2.75, 3.05) is 36.4 Å². The van der Waals surface area contributed by atoms with E-state index in [9.17, 15) is 4.79 Å². The average Bonchev–Trinajstić information content (AvgIpc) is 2.75. The summed E-state index contributed by atoms with van der Waals surface area (Å²) in [5.41, 5.74) is 2.67. The normalized spacial score (nSPS) is 14.1. The van der Waals surface area contributed by atoms with E-state index in [1.165, 1.54) is 0 Å². The molecule has 4 rings (SSSR count). The minimum Gasteiger partial charge on any atom is -0.353 e. The van der Waals surface area contributed by atoms with Crippen LogP contribution in [0, 0.1) is 0 Å². The lowest BCUT2D eigenvalue weighted by Gasteiger charge is -2.35. The zero-order valence-corrected chi connectivity index (χ0v) is 14.8. The quantitative estimate of drug-likeness (QED) is 0.777. The van der Waals surface area contributed by atoms with Gasteiger partial charge in [-0.2, -0.15) is 0 Å². The van der Waals surface area contributed by atoms with Crippen LogP contribution in [0.4, 0.5) is 16.3 Å². The Hall–Kier alpha value is -3.48. The van der Waals surface area contributed by atoms with E-state index in [2.05, 4.69) is 25.2 Å². The first-order valence-electron chi connectivity index (χ1n) is 8.88. The summed E-state index contributed by atoms with van der Waals surface area (Å²) in [7, 11) is 0. The van der Waals surface area contributed by atoms with Crippen molar-refractivity contribution in [3.63, 3.8) is 0 Å². The molecule has 0 bridgehead atoms. The second kappa shape index (κ2) is 7.82. The molecule has 2 aromatic heterocycles. The molecule has 0 aliphatic carbocycles. The van der Waals surface area contributed by atoms with Gasteiger partial charge in [-0.05, 0) is 12.1 Å². The second-order valence-corrected chi connectivity index (χ2v) is 6.27. The lowest BCUT2D eigenvalue weighted by atomic mass is 10.1. The van der Waals surface area contributed by atoms with Gasteiger partial charge in [-0.25, -0.2) is 14.8 Å². The third-order valence-corrected chi connectivity index (χ3v) is 4.53. The maximum absolute atomic E-state index is 12.4. The molecule has 1 aliphatic heterocycles. The Kier molecular flexibility index (Phi) is 4.91. The minimum absolute atomic E-state index is 0.102. The Morgan fingerprint density at radius 3 is 2.52 bits per heavy atom. The lowest BCUT2D eigenvalue weighted by molar-refractivity contribution is 0.208. The van der Waals surface area contributed by atoms with Gasteiger partial charge in [0.25, 0.3) is 0 Å². The Labute approximate surface area is 157 Å². The SMILES string of the molecule is O=C(Nc1cccnc1)N1CCN(c2cc(-c3ccccc3)ncn2)CC1. The number of nitrogens with one attached hydrogen (secondary N) is 1. The van der Waals surface area contributed by atoms with Crippen LogP contribution in [0.2, 0.25) is 0 Å². The number of rotatable bonds is 3. The highest BCUT2D eigenvalue weighted by Gasteiger charge is 2.22. The summed E-state index contributed by atoms with van der Waals surface area (Å²) in [6, 6.07) is 15.6. The van der Waals surface area contributed by atoms with E-state index in [4.69, 9.17) is 0 Å². The first kappa shape index (κ1) is 17.0. The molecule has 27 heavy (non-hydrogen) atoms. The number of pyridine rings is 1.